The van der Waals surface area contributed by atoms with Crippen molar-refractivity contribution in [3.63, 3.8) is 0 Å². The van der Waals surface area contributed by atoms with Gasteiger partial charge in [0, 0.05) is 29.8 Å². The van der Waals surface area contributed by atoms with E-state index in [-0.39, 0.29) is 18.4 Å². The molecule has 0 unspecified atom stereocenters. The summed E-state index contributed by atoms with van der Waals surface area (Å²) in [5.41, 5.74) is 1.07. The van der Waals surface area contributed by atoms with E-state index in [4.69, 9.17) is 4.74 Å². The van der Waals surface area contributed by atoms with E-state index in [1.54, 1.807) is 50.5 Å². The van der Waals surface area contributed by atoms with Crippen molar-refractivity contribution in [2.45, 2.75) is 0 Å². The Hall–Kier alpha value is -2.34. The summed E-state index contributed by atoms with van der Waals surface area (Å²) >= 11 is 3.33. The average molecular weight is 377 g/mol. The third-order valence-electron chi connectivity index (χ3n) is 2.98. The third-order valence-corrected chi connectivity index (χ3v) is 3.51. The van der Waals surface area contributed by atoms with Gasteiger partial charge in [-0.05, 0) is 42.5 Å². The van der Waals surface area contributed by atoms with Crippen molar-refractivity contribution in [1.29, 1.82) is 0 Å². The lowest BCUT2D eigenvalue weighted by atomic mass is 10.2. The first-order chi connectivity index (χ1) is 11.0. The van der Waals surface area contributed by atoms with Gasteiger partial charge in [0.15, 0.2) is 6.61 Å². The van der Waals surface area contributed by atoms with Gasteiger partial charge in [-0.15, -0.1) is 0 Å². The Labute approximate surface area is 143 Å². The summed E-state index contributed by atoms with van der Waals surface area (Å²) in [6.07, 6.45) is 0. The Balaban J connectivity index is 1.93. The van der Waals surface area contributed by atoms with Crippen molar-refractivity contribution in [1.82, 2.24) is 4.90 Å². The smallest absolute Gasteiger partial charge is 0.262 e. The molecule has 0 aliphatic heterocycles. The lowest BCUT2D eigenvalue weighted by Gasteiger charge is -2.12. The van der Waals surface area contributed by atoms with Gasteiger partial charge in [-0.2, -0.15) is 0 Å². The molecule has 0 fully saturated rings. The van der Waals surface area contributed by atoms with Crippen LogP contribution in [0.4, 0.5) is 5.69 Å². The Morgan fingerprint density at radius 1 is 1.13 bits per heavy atom. The van der Waals surface area contributed by atoms with E-state index in [0.717, 1.165) is 4.47 Å². The average Bonchev–Trinajstić information content (AvgIpc) is 2.53. The zero-order valence-electron chi connectivity index (χ0n) is 12.9. The first kappa shape index (κ1) is 17.0. The fraction of sp³-hybridized carbons (Fsp3) is 0.176. The molecule has 5 nitrogen and oxygen atoms in total. The molecular formula is C17H17BrN2O3. The fourth-order valence-corrected chi connectivity index (χ4v) is 2.13. The number of carbonyl (C=O) groups is 2. The van der Waals surface area contributed by atoms with Crippen LogP contribution < -0.4 is 10.1 Å². The number of ether oxygens (including phenoxy) is 1. The molecule has 0 saturated carbocycles. The highest BCUT2D eigenvalue weighted by molar-refractivity contribution is 9.10. The van der Waals surface area contributed by atoms with Gasteiger partial charge in [0.1, 0.15) is 5.75 Å². The van der Waals surface area contributed by atoms with Crippen LogP contribution in [0.15, 0.2) is 53.0 Å². The second-order valence-electron chi connectivity index (χ2n) is 5.07. The molecule has 2 aromatic rings. The number of halogens is 1. The highest BCUT2D eigenvalue weighted by Crippen LogP contribution is 2.16. The molecule has 2 rings (SSSR count). The van der Waals surface area contributed by atoms with Crippen molar-refractivity contribution in [2.75, 3.05) is 26.0 Å². The normalized spacial score (nSPS) is 10.0. The van der Waals surface area contributed by atoms with Crippen molar-refractivity contribution in [2.24, 2.45) is 0 Å². The van der Waals surface area contributed by atoms with E-state index < -0.39 is 0 Å². The number of amides is 2. The SMILES string of the molecule is CN(C)C(=O)c1cccc(NC(=O)COc2ccc(Br)cc2)c1. The molecule has 0 saturated heterocycles. The van der Waals surface area contributed by atoms with Crippen LogP contribution in [0.3, 0.4) is 0 Å². The van der Waals surface area contributed by atoms with E-state index in [9.17, 15) is 9.59 Å². The molecule has 0 radical (unpaired) electrons. The highest BCUT2D eigenvalue weighted by atomic mass is 79.9. The molecule has 0 bridgehead atoms. The maximum Gasteiger partial charge on any atom is 0.262 e. The fourth-order valence-electron chi connectivity index (χ4n) is 1.86. The summed E-state index contributed by atoms with van der Waals surface area (Å²) < 4.78 is 6.34. The summed E-state index contributed by atoms with van der Waals surface area (Å²) in [7, 11) is 3.36. The van der Waals surface area contributed by atoms with Crippen molar-refractivity contribution in [3.05, 3.63) is 58.6 Å². The van der Waals surface area contributed by atoms with Crippen LogP contribution in [-0.2, 0) is 4.79 Å². The van der Waals surface area contributed by atoms with Gasteiger partial charge in [0.05, 0.1) is 0 Å². The number of nitrogens with one attached hydrogen (secondary N) is 1. The van der Waals surface area contributed by atoms with Crippen LogP contribution >= 0.6 is 15.9 Å². The summed E-state index contributed by atoms with van der Waals surface area (Å²) in [4.78, 5) is 25.3. The Morgan fingerprint density at radius 2 is 1.83 bits per heavy atom. The summed E-state index contributed by atoms with van der Waals surface area (Å²) in [5, 5.41) is 2.71. The van der Waals surface area contributed by atoms with E-state index in [1.165, 1.54) is 4.90 Å². The molecule has 0 heterocycles. The zero-order valence-corrected chi connectivity index (χ0v) is 14.5. The number of hydrogen-bond donors (Lipinski definition) is 1. The van der Waals surface area contributed by atoms with Crippen LogP contribution in [0.25, 0.3) is 0 Å². The third kappa shape index (κ3) is 5.10. The number of carbonyl (C=O) groups excluding carboxylic acids is 2. The minimum absolute atomic E-state index is 0.104. The largest absolute Gasteiger partial charge is 0.484 e. The predicted octanol–water partition coefficient (Wildman–Crippen LogP) is 3.17. The zero-order chi connectivity index (χ0) is 16.8. The first-order valence-electron chi connectivity index (χ1n) is 6.95. The molecule has 0 aliphatic carbocycles. The summed E-state index contributed by atoms with van der Waals surface area (Å²) in [6, 6.07) is 14.0. The lowest BCUT2D eigenvalue weighted by Crippen LogP contribution is -2.23. The molecular weight excluding hydrogens is 360 g/mol. The Bertz CT molecular complexity index is 699. The Kier molecular flexibility index (Phi) is 5.76. The number of rotatable bonds is 5. The molecule has 0 atom stereocenters. The lowest BCUT2D eigenvalue weighted by molar-refractivity contribution is -0.118. The predicted molar refractivity (Wildman–Crippen MR) is 92.7 cm³/mol. The molecule has 0 spiro atoms. The monoisotopic (exact) mass is 376 g/mol. The van der Waals surface area contributed by atoms with Gasteiger partial charge in [-0.1, -0.05) is 22.0 Å². The van der Waals surface area contributed by atoms with E-state index in [2.05, 4.69) is 21.2 Å². The van der Waals surface area contributed by atoms with Gasteiger partial charge in [0.25, 0.3) is 11.8 Å². The second-order valence-corrected chi connectivity index (χ2v) is 5.99. The van der Waals surface area contributed by atoms with Crippen molar-refractivity contribution >= 4 is 33.4 Å². The maximum atomic E-state index is 11.9. The minimum atomic E-state index is -0.289. The van der Waals surface area contributed by atoms with Gasteiger partial charge >= 0.3 is 0 Å². The molecule has 0 aromatic heterocycles. The number of hydrogen-bond acceptors (Lipinski definition) is 3. The van der Waals surface area contributed by atoms with Crippen LogP contribution in [0.2, 0.25) is 0 Å². The highest BCUT2D eigenvalue weighted by Gasteiger charge is 2.10. The maximum absolute atomic E-state index is 11.9. The van der Waals surface area contributed by atoms with Crippen LogP contribution in [0.1, 0.15) is 10.4 Å². The second kappa shape index (κ2) is 7.78. The van der Waals surface area contributed by atoms with Crippen molar-refractivity contribution < 1.29 is 14.3 Å². The van der Waals surface area contributed by atoms with Crippen LogP contribution in [0, 0.1) is 0 Å². The Morgan fingerprint density at radius 3 is 2.48 bits per heavy atom. The topological polar surface area (TPSA) is 58.6 Å². The van der Waals surface area contributed by atoms with E-state index in [1.807, 2.05) is 12.1 Å². The van der Waals surface area contributed by atoms with E-state index >= 15 is 0 Å². The molecule has 6 heteroatoms. The number of benzene rings is 2. The quantitative estimate of drug-likeness (QED) is 0.871. The minimum Gasteiger partial charge on any atom is -0.484 e. The van der Waals surface area contributed by atoms with Crippen LogP contribution in [-0.4, -0.2) is 37.4 Å². The standard InChI is InChI=1S/C17H17BrN2O3/c1-20(2)17(22)12-4-3-5-14(10-12)19-16(21)11-23-15-8-6-13(18)7-9-15/h3-10H,11H2,1-2H3,(H,19,21). The molecule has 23 heavy (non-hydrogen) atoms. The summed E-state index contributed by atoms with van der Waals surface area (Å²) in [6.45, 7) is -0.104. The van der Waals surface area contributed by atoms with Gasteiger partial charge in [-0.25, -0.2) is 0 Å². The van der Waals surface area contributed by atoms with Crippen molar-refractivity contribution in [3.8, 4) is 5.75 Å². The van der Waals surface area contributed by atoms with E-state index in [0.29, 0.717) is 17.0 Å². The number of anilines is 1. The van der Waals surface area contributed by atoms with Gasteiger partial charge in [-0.3, -0.25) is 9.59 Å². The number of nitrogens with zero attached hydrogens (tertiary/aromatic N) is 1. The van der Waals surface area contributed by atoms with Gasteiger partial charge < -0.3 is 15.0 Å². The first-order valence-corrected chi connectivity index (χ1v) is 7.75. The summed E-state index contributed by atoms with van der Waals surface area (Å²) in [5.74, 6) is 0.203. The van der Waals surface area contributed by atoms with Gasteiger partial charge in [0.2, 0.25) is 0 Å². The molecule has 1 N–H and O–H groups in total. The van der Waals surface area contributed by atoms with Crippen LogP contribution in [0.5, 0.6) is 5.75 Å². The molecule has 2 amide bonds. The molecule has 120 valence electrons. The molecule has 2 aromatic carbocycles. The molecule has 0 aliphatic rings.